The summed E-state index contributed by atoms with van der Waals surface area (Å²) in [5, 5.41) is 3.85. The average Bonchev–Trinajstić information content (AvgIpc) is 3.01. The first-order valence-corrected chi connectivity index (χ1v) is 9.76. The average molecular weight is 388 g/mol. The summed E-state index contributed by atoms with van der Waals surface area (Å²) in [6, 6.07) is 7.66. The summed E-state index contributed by atoms with van der Waals surface area (Å²) in [6.45, 7) is 4.52. The van der Waals surface area contributed by atoms with Crippen molar-refractivity contribution in [2.45, 2.75) is 19.9 Å². The molecule has 0 radical (unpaired) electrons. The van der Waals surface area contributed by atoms with Crippen LogP contribution in [0.25, 0.3) is 10.6 Å². The molecule has 144 valence electrons. The van der Waals surface area contributed by atoms with Gasteiger partial charge in [-0.2, -0.15) is 0 Å². The normalized spacial score (nSPS) is 14.6. The summed E-state index contributed by atoms with van der Waals surface area (Å²) in [7, 11) is 1.64. The molecular formula is C19H24N4O3S. The van der Waals surface area contributed by atoms with Gasteiger partial charge in [-0.15, -0.1) is 11.3 Å². The predicted molar refractivity (Wildman–Crippen MR) is 105 cm³/mol. The van der Waals surface area contributed by atoms with Crippen molar-refractivity contribution in [2.24, 2.45) is 0 Å². The molecule has 1 fully saturated rings. The van der Waals surface area contributed by atoms with E-state index in [1.165, 1.54) is 0 Å². The number of rotatable bonds is 4. The lowest BCUT2D eigenvalue weighted by Gasteiger charge is -2.21. The minimum atomic E-state index is -0.100. The number of ether oxygens (including phenoxy) is 1. The summed E-state index contributed by atoms with van der Waals surface area (Å²) in [5.74, 6) is 0.852. The number of carbonyl (C=O) groups excluding carboxylic acids is 2. The molecule has 0 unspecified atom stereocenters. The van der Waals surface area contributed by atoms with E-state index in [0.29, 0.717) is 32.7 Å². The van der Waals surface area contributed by atoms with Gasteiger partial charge in [0.15, 0.2) is 0 Å². The van der Waals surface area contributed by atoms with Crippen LogP contribution >= 0.6 is 11.3 Å². The molecule has 1 aromatic heterocycles. The van der Waals surface area contributed by atoms with Crippen molar-refractivity contribution in [1.82, 2.24) is 20.1 Å². The molecule has 3 rings (SSSR count). The zero-order chi connectivity index (χ0) is 19.2. The van der Waals surface area contributed by atoms with E-state index >= 15 is 0 Å². The van der Waals surface area contributed by atoms with Crippen LogP contribution < -0.4 is 10.1 Å². The van der Waals surface area contributed by atoms with E-state index in [1.807, 2.05) is 24.3 Å². The molecule has 1 N–H and O–H groups in total. The highest BCUT2D eigenvalue weighted by Gasteiger charge is 2.20. The number of methoxy groups -OCH3 is 1. The van der Waals surface area contributed by atoms with Gasteiger partial charge in [-0.25, -0.2) is 9.78 Å². The number of nitrogens with zero attached hydrogens (tertiary/aromatic N) is 3. The number of carbonyl (C=O) groups is 2. The molecule has 1 saturated heterocycles. The zero-order valence-electron chi connectivity index (χ0n) is 15.6. The predicted octanol–water partition coefficient (Wildman–Crippen LogP) is 2.58. The molecule has 2 heterocycles. The maximum Gasteiger partial charge on any atom is 0.317 e. The van der Waals surface area contributed by atoms with Crippen molar-refractivity contribution in [1.29, 1.82) is 0 Å². The van der Waals surface area contributed by atoms with Gasteiger partial charge in [-0.3, -0.25) is 4.79 Å². The van der Waals surface area contributed by atoms with E-state index in [1.54, 1.807) is 41.4 Å². The van der Waals surface area contributed by atoms with E-state index in [-0.39, 0.29) is 11.9 Å². The fourth-order valence-corrected chi connectivity index (χ4v) is 3.84. The number of thiazole rings is 1. The lowest BCUT2D eigenvalue weighted by Crippen LogP contribution is -2.42. The first-order valence-electron chi connectivity index (χ1n) is 8.94. The monoisotopic (exact) mass is 388 g/mol. The third-order valence-electron chi connectivity index (χ3n) is 4.51. The van der Waals surface area contributed by atoms with Gasteiger partial charge in [0, 0.05) is 49.7 Å². The van der Waals surface area contributed by atoms with Gasteiger partial charge in [0.1, 0.15) is 10.8 Å². The van der Waals surface area contributed by atoms with Crippen molar-refractivity contribution in [3.05, 3.63) is 35.3 Å². The molecule has 8 heteroatoms. The smallest absolute Gasteiger partial charge is 0.317 e. The highest BCUT2D eigenvalue weighted by molar-refractivity contribution is 7.15. The summed E-state index contributed by atoms with van der Waals surface area (Å²) in [5.41, 5.74) is 0.994. The second-order valence-corrected chi connectivity index (χ2v) is 7.48. The molecule has 1 aromatic carbocycles. The fraction of sp³-hybridized carbons (Fsp3) is 0.421. The van der Waals surface area contributed by atoms with E-state index < -0.39 is 0 Å². The van der Waals surface area contributed by atoms with E-state index in [4.69, 9.17) is 4.74 Å². The van der Waals surface area contributed by atoms with Gasteiger partial charge in [0.05, 0.1) is 13.7 Å². The van der Waals surface area contributed by atoms with Crippen LogP contribution in [0.4, 0.5) is 4.79 Å². The van der Waals surface area contributed by atoms with Gasteiger partial charge in [-0.1, -0.05) is 12.1 Å². The first-order chi connectivity index (χ1) is 13.1. The molecule has 1 aliphatic rings. The summed E-state index contributed by atoms with van der Waals surface area (Å²) >= 11 is 1.55. The molecule has 3 amide bonds. The molecule has 0 spiro atoms. The van der Waals surface area contributed by atoms with E-state index in [2.05, 4.69) is 10.3 Å². The van der Waals surface area contributed by atoms with Crippen LogP contribution in [0, 0.1) is 0 Å². The van der Waals surface area contributed by atoms with Crippen molar-refractivity contribution in [2.75, 3.05) is 33.3 Å². The molecular weight excluding hydrogens is 364 g/mol. The van der Waals surface area contributed by atoms with Crippen LogP contribution in [-0.4, -0.2) is 60.0 Å². The third kappa shape index (κ3) is 4.97. The van der Waals surface area contributed by atoms with Crippen molar-refractivity contribution >= 4 is 23.3 Å². The lowest BCUT2D eigenvalue weighted by molar-refractivity contribution is -0.128. The van der Waals surface area contributed by atoms with Gasteiger partial charge in [-0.05, 0) is 18.6 Å². The molecule has 27 heavy (non-hydrogen) atoms. The Labute approximate surface area is 162 Å². The number of amides is 3. The SMILES string of the molecule is COc1cccc(-c2ncc(CNC(=O)N3CCCN(C(C)=O)CC3)s2)c1. The first kappa shape index (κ1) is 19.2. The molecule has 2 aromatic rings. The van der Waals surface area contributed by atoms with Gasteiger partial charge >= 0.3 is 6.03 Å². The maximum atomic E-state index is 12.4. The minimum Gasteiger partial charge on any atom is -0.497 e. The quantitative estimate of drug-likeness (QED) is 0.874. The Kier molecular flexibility index (Phi) is 6.28. The Balaban J connectivity index is 1.55. The summed E-state index contributed by atoms with van der Waals surface area (Å²) in [4.78, 5) is 32.9. The largest absolute Gasteiger partial charge is 0.497 e. The Morgan fingerprint density at radius 3 is 2.78 bits per heavy atom. The second-order valence-electron chi connectivity index (χ2n) is 6.37. The summed E-state index contributed by atoms with van der Waals surface area (Å²) < 4.78 is 5.25. The highest BCUT2D eigenvalue weighted by Crippen LogP contribution is 2.27. The molecule has 7 nitrogen and oxygen atoms in total. The highest BCUT2D eigenvalue weighted by atomic mass is 32.1. The van der Waals surface area contributed by atoms with Crippen LogP contribution in [0.1, 0.15) is 18.2 Å². The van der Waals surface area contributed by atoms with Gasteiger partial charge in [0.25, 0.3) is 0 Å². The zero-order valence-corrected chi connectivity index (χ0v) is 16.4. The number of aromatic nitrogens is 1. The van der Waals surface area contributed by atoms with Crippen LogP contribution in [0.3, 0.4) is 0 Å². The number of urea groups is 1. The number of nitrogens with one attached hydrogen (secondary N) is 1. The number of hydrogen-bond acceptors (Lipinski definition) is 5. The molecule has 1 aliphatic heterocycles. The molecule has 0 atom stereocenters. The van der Waals surface area contributed by atoms with Crippen LogP contribution in [0.15, 0.2) is 30.5 Å². The lowest BCUT2D eigenvalue weighted by atomic mass is 10.2. The number of benzene rings is 1. The molecule has 0 aliphatic carbocycles. The third-order valence-corrected chi connectivity index (χ3v) is 5.56. The summed E-state index contributed by atoms with van der Waals surface area (Å²) in [6.07, 6.45) is 2.59. The minimum absolute atomic E-state index is 0.0620. The topological polar surface area (TPSA) is 74.8 Å². The van der Waals surface area contributed by atoms with Crippen LogP contribution in [-0.2, 0) is 11.3 Å². The second kappa shape index (κ2) is 8.85. The van der Waals surface area contributed by atoms with Crippen molar-refractivity contribution in [3.63, 3.8) is 0 Å². The maximum absolute atomic E-state index is 12.4. The fourth-order valence-electron chi connectivity index (χ4n) is 2.99. The van der Waals surface area contributed by atoms with Crippen molar-refractivity contribution in [3.8, 4) is 16.3 Å². The Hall–Kier alpha value is -2.61. The number of hydrogen-bond donors (Lipinski definition) is 1. The molecule has 0 saturated carbocycles. The Morgan fingerprint density at radius 2 is 2.00 bits per heavy atom. The molecule has 0 bridgehead atoms. The van der Waals surface area contributed by atoms with Gasteiger partial charge in [0.2, 0.25) is 5.91 Å². The standard InChI is InChI=1S/C19H24N4O3S/c1-14(24)22-7-4-8-23(10-9-22)19(25)21-13-17-12-20-18(27-17)15-5-3-6-16(11-15)26-2/h3,5-6,11-12H,4,7-10,13H2,1-2H3,(H,21,25). The van der Waals surface area contributed by atoms with Crippen LogP contribution in [0.2, 0.25) is 0 Å². The Bertz CT molecular complexity index is 808. The van der Waals surface area contributed by atoms with E-state index in [0.717, 1.165) is 27.6 Å². The van der Waals surface area contributed by atoms with Crippen LogP contribution in [0.5, 0.6) is 5.75 Å². The van der Waals surface area contributed by atoms with Crippen molar-refractivity contribution < 1.29 is 14.3 Å². The Morgan fingerprint density at radius 1 is 1.22 bits per heavy atom. The van der Waals surface area contributed by atoms with Gasteiger partial charge < -0.3 is 19.9 Å². The van der Waals surface area contributed by atoms with E-state index in [9.17, 15) is 9.59 Å².